The highest BCUT2D eigenvalue weighted by Gasteiger charge is 2.23. The number of carbonyl (C=O) groups excluding carboxylic acids is 2. The van der Waals surface area contributed by atoms with Crippen LogP contribution in [-0.2, 0) is 19.1 Å². The van der Waals surface area contributed by atoms with Gasteiger partial charge in [-0.25, -0.2) is 0 Å². The molecule has 0 fully saturated rings. The molecular weight excluding hydrogens is 380 g/mol. The van der Waals surface area contributed by atoms with E-state index in [0.717, 1.165) is 19.3 Å². The summed E-state index contributed by atoms with van der Waals surface area (Å²) in [7, 11) is 0. The van der Waals surface area contributed by atoms with Gasteiger partial charge in [0.25, 0.3) is 0 Å². The maximum absolute atomic E-state index is 12.1. The van der Waals surface area contributed by atoms with Crippen LogP contribution in [0.4, 0.5) is 0 Å². The summed E-state index contributed by atoms with van der Waals surface area (Å²) in [5.41, 5.74) is -0.376. The van der Waals surface area contributed by atoms with Gasteiger partial charge in [0.2, 0.25) is 11.8 Å². The van der Waals surface area contributed by atoms with Crippen LogP contribution in [0.3, 0.4) is 0 Å². The third-order valence-electron chi connectivity index (χ3n) is 4.98. The average molecular weight is 429 g/mol. The zero-order valence-corrected chi connectivity index (χ0v) is 21.1. The van der Waals surface area contributed by atoms with Gasteiger partial charge in [-0.1, -0.05) is 34.6 Å². The largest absolute Gasteiger partial charge is 0.375 e. The Balaban J connectivity index is 4.01. The summed E-state index contributed by atoms with van der Waals surface area (Å²) in [5.74, 6) is 0.530. The lowest BCUT2D eigenvalue weighted by molar-refractivity contribution is -0.123. The molecule has 0 aromatic rings. The Morgan fingerprint density at radius 3 is 1.90 bits per heavy atom. The maximum Gasteiger partial charge on any atom is 0.220 e. The fourth-order valence-corrected chi connectivity index (χ4v) is 3.37. The molecule has 0 saturated carbocycles. The van der Waals surface area contributed by atoms with Gasteiger partial charge in [-0.15, -0.1) is 0 Å². The third-order valence-corrected chi connectivity index (χ3v) is 4.98. The fourth-order valence-electron chi connectivity index (χ4n) is 3.37. The minimum absolute atomic E-state index is 0.0658. The molecule has 0 spiro atoms. The van der Waals surface area contributed by atoms with Crippen molar-refractivity contribution in [2.75, 3.05) is 26.3 Å². The molecule has 1 unspecified atom stereocenters. The molecule has 0 saturated heterocycles. The predicted molar refractivity (Wildman–Crippen MR) is 123 cm³/mol. The Morgan fingerprint density at radius 1 is 0.800 bits per heavy atom. The van der Waals surface area contributed by atoms with Crippen LogP contribution in [0.5, 0.6) is 0 Å². The Kier molecular flexibility index (Phi) is 12.8. The Morgan fingerprint density at radius 2 is 1.33 bits per heavy atom. The second-order valence-electron chi connectivity index (χ2n) is 10.8. The van der Waals surface area contributed by atoms with Crippen molar-refractivity contribution >= 4 is 11.8 Å². The van der Waals surface area contributed by atoms with Gasteiger partial charge in [-0.2, -0.15) is 0 Å². The van der Waals surface area contributed by atoms with Gasteiger partial charge in [-0.05, 0) is 58.3 Å². The molecule has 0 aromatic heterocycles. The van der Waals surface area contributed by atoms with E-state index in [-0.39, 0.29) is 28.4 Å². The number of carbonyl (C=O) groups is 2. The minimum atomic E-state index is -0.323. The van der Waals surface area contributed by atoms with Crippen molar-refractivity contribution in [2.24, 2.45) is 11.3 Å². The maximum atomic E-state index is 12.1. The van der Waals surface area contributed by atoms with Crippen LogP contribution in [0.25, 0.3) is 0 Å². The van der Waals surface area contributed by atoms with Crippen molar-refractivity contribution in [1.29, 1.82) is 0 Å². The second-order valence-corrected chi connectivity index (χ2v) is 10.8. The molecule has 0 heterocycles. The second kappa shape index (κ2) is 13.3. The highest BCUT2D eigenvalue weighted by atomic mass is 16.5. The summed E-state index contributed by atoms with van der Waals surface area (Å²) in [4.78, 5) is 23.4. The normalized spacial score (nSPS) is 13.8. The lowest BCUT2D eigenvalue weighted by Crippen LogP contribution is -2.36. The van der Waals surface area contributed by atoms with E-state index in [1.807, 2.05) is 34.6 Å². The molecule has 2 N–H and O–H groups in total. The SMILES string of the molecule is CCC(=O)NCCC(C)(C)OCCC(C)(C)OCCNC(=O)CC(C)CC(C)(C)C. The number of hydrogen-bond donors (Lipinski definition) is 2. The molecule has 0 bridgehead atoms. The predicted octanol–water partition coefficient (Wildman–Crippen LogP) is 4.46. The van der Waals surface area contributed by atoms with E-state index in [9.17, 15) is 9.59 Å². The topological polar surface area (TPSA) is 76.7 Å². The molecule has 0 aromatic carbocycles. The van der Waals surface area contributed by atoms with E-state index >= 15 is 0 Å². The smallest absolute Gasteiger partial charge is 0.220 e. The molecule has 0 aliphatic heterocycles. The fraction of sp³-hybridized carbons (Fsp3) is 0.917. The highest BCUT2D eigenvalue weighted by Crippen LogP contribution is 2.25. The molecule has 0 aliphatic rings. The first-order valence-electron chi connectivity index (χ1n) is 11.5. The van der Waals surface area contributed by atoms with E-state index in [0.29, 0.717) is 45.1 Å². The number of nitrogens with one attached hydrogen (secondary N) is 2. The van der Waals surface area contributed by atoms with Crippen LogP contribution < -0.4 is 10.6 Å². The zero-order valence-electron chi connectivity index (χ0n) is 21.1. The first-order valence-corrected chi connectivity index (χ1v) is 11.5. The molecule has 178 valence electrons. The zero-order chi connectivity index (χ0) is 23.4. The number of hydrogen-bond acceptors (Lipinski definition) is 4. The lowest BCUT2D eigenvalue weighted by Gasteiger charge is -2.30. The number of rotatable bonds is 15. The van der Waals surface area contributed by atoms with Gasteiger partial charge in [0.1, 0.15) is 0 Å². The highest BCUT2D eigenvalue weighted by molar-refractivity contribution is 5.76. The van der Waals surface area contributed by atoms with Crippen LogP contribution in [0.1, 0.15) is 94.4 Å². The summed E-state index contributed by atoms with van der Waals surface area (Å²) < 4.78 is 12.0. The van der Waals surface area contributed by atoms with Crippen molar-refractivity contribution < 1.29 is 19.1 Å². The summed E-state index contributed by atoms with van der Waals surface area (Å²) >= 11 is 0. The summed E-state index contributed by atoms with van der Waals surface area (Å²) in [5, 5.41) is 5.84. The van der Waals surface area contributed by atoms with E-state index < -0.39 is 0 Å². The first kappa shape index (κ1) is 28.9. The first-order chi connectivity index (χ1) is 13.7. The molecule has 1 atom stereocenters. The lowest BCUT2D eigenvalue weighted by atomic mass is 9.84. The van der Waals surface area contributed by atoms with Gasteiger partial charge < -0.3 is 20.1 Å². The van der Waals surface area contributed by atoms with Crippen LogP contribution in [-0.4, -0.2) is 49.3 Å². The molecular formula is C24H48N2O4. The van der Waals surface area contributed by atoms with E-state index in [1.165, 1.54) is 0 Å². The van der Waals surface area contributed by atoms with Crippen LogP contribution in [0, 0.1) is 11.3 Å². The monoisotopic (exact) mass is 428 g/mol. The van der Waals surface area contributed by atoms with E-state index in [1.54, 1.807) is 0 Å². The molecule has 0 rings (SSSR count). The molecule has 2 amide bonds. The van der Waals surface area contributed by atoms with Crippen LogP contribution in [0.15, 0.2) is 0 Å². The molecule has 0 radical (unpaired) electrons. The summed E-state index contributed by atoms with van der Waals surface area (Å²) in [6.07, 6.45) is 3.62. The van der Waals surface area contributed by atoms with Gasteiger partial charge in [0.15, 0.2) is 0 Å². The van der Waals surface area contributed by atoms with Crippen molar-refractivity contribution in [1.82, 2.24) is 10.6 Å². The van der Waals surface area contributed by atoms with Crippen molar-refractivity contribution in [3.8, 4) is 0 Å². The van der Waals surface area contributed by atoms with Crippen LogP contribution >= 0.6 is 0 Å². The van der Waals surface area contributed by atoms with Crippen LogP contribution in [0.2, 0.25) is 0 Å². The molecule has 6 heteroatoms. The van der Waals surface area contributed by atoms with Crippen molar-refractivity contribution in [2.45, 2.75) is 106 Å². The standard InChI is InChI=1S/C24H48N2O4/c1-10-20(27)25-13-11-23(6,7)29-15-12-24(8,9)30-16-14-26-21(28)17-19(2)18-22(3,4)5/h19H,10-18H2,1-9H3,(H,25,27)(H,26,28). The van der Waals surface area contributed by atoms with E-state index in [2.05, 4.69) is 38.3 Å². The van der Waals surface area contributed by atoms with Crippen molar-refractivity contribution in [3.63, 3.8) is 0 Å². The van der Waals surface area contributed by atoms with Gasteiger partial charge >= 0.3 is 0 Å². The third kappa shape index (κ3) is 16.6. The number of ether oxygens (including phenoxy) is 2. The molecule has 30 heavy (non-hydrogen) atoms. The Bertz CT molecular complexity index is 510. The van der Waals surface area contributed by atoms with Gasteiger partial charge in [0, 0.05) is 25.9 Å². The van der Waals surface area contributed by atoms with Crippen molar-refractivity contribution in [3.05, 3.63) is 0 Å². The minimum Gasteiger partial charge on any atom is -0.375 e. The average Bonchev–Trinajstić information content (AvgIpc) is 2.56. The molecule has 0 aliphatic carbocycles. The van der Waals surface area contributed by atoms with Gasteiger partial charge in [0.05, 0.1) is 24.4 Å². The summed E-state index contributed by atoms with van der Waals surface area (Å²) in [6, 6.07) is 0. The Labute approximate surface area is 185 Å². The summed E-state index contributed by atoms with van der Waals surface area (Å²) in [6.45, 7) is 20.9. The quantitative estimate of drug-likeness (QED) is 0.378. The molecule has 6 nitrogen and oxygen atoms in total. The number of amides is 2. The van der Waals surface area contributed by atoms with Gasteiger partial charge in [-0.3, -0.25) is 9.59 Å². The van der Waals surface area contributed by atoms with E-state index in [4.69, 9.17) is 9.47 Å². The Hall–Kier alpha value is -1.14.